The maximum Gasteiger partial charge on any atom is 0.337 e. The van der Waals surface area contributed by atoms with Gasteiger partial charge in [0.05, 0.1) is 5.56 Å². The highest BCUT2D eigenvalue weighted by Crippen LogP contribution is 2.29. The van der Waals surface area contributed by atoms with Crippen LogP contribution in [0.4, 0.5) is 11.4 Å². The third kappa shape index (κ3) is 2.26. The Bertz CT molecular complexity index is 474. The van der Waals surface area contributed by atoms with Gasteiger partial charge in [0.1, 0.15) is 0 Å². The number of rotatable bonds is 3. The Morgan fingerprint density at radius 3 is 2.83 bits per heavy atom. The molecule has 2 rings (SSSR count). The van der Waals surface area contributed by atoms with Crippen LogP contribution in [0.3, 0.4) is 0 Å². The summed E-state index contributed by atoms with van der Waals surface area (Å²) in [6.45, 7) is 3.59. The normalized spacial score (nSPS) is 19.2. The summed E-state index contributed by atoms with van der Waals surface area (Å²) < 4.78 is 0. The summed E-state index contributed by atoms with van der Waals surface area (Å²) in [5.41, 5.74) is 7.88. The number of aromatic carboxylic acids is 1. The van der Waals surface area contributed by atoms with E-state index in [0.29, 0.717) is 5.69 Å². The van der Waals surface area contributed by atoms with Crippen LogP contribution >= 0.6 is 0 Å². The first-order valence-electron chi connectivity index (χ1n) is 6.02. The van der Waals surface area contributed by atoms with E-state index in [1.54, 1.807) is 6.07 Å². The van der Waals surface area contributed by atoms with Gasteiger partial charge in [0, 0.05) is 37.0 Å². The lowest BCUT2D eigenvalue weighted by atomic mass is 10.1. The van der Waals surface area contributed by atoms with Gasteiger partial charge in [-0.2, -0.15) is 0 Å². The molecule has 0 saturated carbocycles. The van der Waals surface area contributed by atoms with E-state index in [1.807, 2.05) is 13.0 Å². The second-order valence-corrected chi connectivity index (χ2v) is 4.81. The largest absolute Gasteiger partial charge is 0.478 e. The minimum atomic E-state index is -1.00. The van der Waals surface area contributed by atoms with Gasteiger partial charge in [0.2, 0.25) is 0 Å². The van der Waals surface area contributed by atoms with Crippen LogP contribution in [-0.4, -0.2) is 35.9 Å². The van der Waals surface area contributed by atoms with Crippen molar-refractivity contribution in [1.82, 2.24) is 0 Å². The van der Waals surface area contributed by atoms with Crippen LogP contribution in [0.5, 0.6) is 0 Å². The first kappa shape index (κ1) is 12.7. The topological polar surface area (TPSA) is 86.8 Å². The Morgan fingerprint density at radius 2 is 2.28 bits per heavy atom. The first-order valence-corrected chi connectivity index (χ1v) is 6.02. The molecule has 98 valence electrons. The number of aliphatic hydroxyl groups is 1. The predicted molar refractivity (Wildman–Crippen MR) is 70.0 cm³/mol. The van der Waals surface area contributed by atoms with Crippen molar-refractivity contribution in [2.75, 3.05) is 30.3 Å². The van der Waals surface area contributed by atoms with Crippen LogP contribution in [0, 0.1) is 12.8 Å². The molecule has 5 nitrogen and oxygen atoms in total. The Kier molecular flexibility index (Phi) is 3.43. The van der Waals surface area contributed by atoms with E-state index < -0.39 is 5.97 Å². The molecule has 1 aromatic carbocycles. The highest BCUT2D eigenvalue weighted by atomic mass is 16.4. The van der Waals surface area contributed by atoms with Gasteiger partial charge >= 0.3 is 5.97 Å². The lowest BCUT2D eigenvalue weighted by Crippen LogP contribution is -2.21. The zero-order chi connectivity index (χ0) is 13.3. The average molecular weight is 250 g/mol. The fourth-order valence-corrected chi connectivity index (χ4v) is 2.36. The number of aryl methyl sites for hydroxylation is 1. The fraction of sp³-hybridized carbons (Fsp3) is 0.462. The molecular formula is C13H18N2O3. The van der Waals surface area contributed by atoms with E-state index in [-0.39, 0.29) is 18.1 Å². The van der Waals surface area contributed by atoms with Crippen molar-refractivity contribution in [3.63, 3.8) is 0 Å². The summed E-state index contributed by atoms with van der Waals surface area (Å²) >= 11 is 0. The van der Waals surface area contributed by atoms with Crippen molar-refractivity contribution in [3.05, 3.63) is 23.3 Å². The number of aliphatic hydroxyl groups excluding tert-OH is 1. The molecule has 0 radical (unpaired) electrons. The first-order chi connectivity index (χ1) is 8.52. The molecule has 18 heavy (non-hydrogen) atoms. The number of nitrogens with two attached hydrogens (primary N) is 1. The van der Waals surface area contributed by atoms with Crippen LogP contribution in [0.1, 0.15) is 22.3 Å². The van der Waals surface area contributed by atoms with E-state index in [1.165, 1.54) is 0 Å². The van der Waals surface area contributed by atoms with Crippen molar-refractivity contribution >= 4 is 17.3 Å². The molecule has 0 aliphatic carbocycles. The molecular weight excluding hydrogens is 232 g/mol. The molecule has 0 amide bonds. The molecule has 1 fully saturated rings. The lowest BCUT2D eigenvalue weighted by Gasteiger charge is -2.20. The molecule has 0 aromatic heterocycles. The molecule has 1 atom stereocenters. The standard InChI is InChI=1S/C13H18N2O3/c1-8-4-10(5-11(12(8)14)13(17)18)15-3-2-9(6-15)7-16/h4-5,9,16H,2-3,6-7,14H2,1H3,(H,17,18). The predicted octanol–water partition coefficient (Wildman–Crippen LogP) is 1.09. The lowest BCUT2D eigenvalue weighted by molar-refractivity contribution is 0.0698. The van der Waals surface area contributed by atoms with E-state index in [9.17, 15) is 4.79 Å². The zero-order valence-corrected chi connectivity index (χ0v) is 10.4. The molecule has 1 saturated heterocycles. The molecule has 0 bridgehead atoms. The van der Waals surface area contributed by atoms with Crippen molar-refractivity contribution in [2.45, 2.75) is 13.3 Å². The minimum Gasteiger partial charge on any atom is -0.478 e. The molecule has 1 aliphatic rings. The molecule has 1 heterocycles. The van der Waals surface area contributed by atoms with Crippen molar-refractivity contribution in [3.8, 4) is 0 Å². The number of nitrogens with zero attached hydrogens (tertiary/aromatic N) is 1. The maximum atomic E-state index is 11.1. The van der Waals surface area contributed by atoms with Crippen LogP contribution in [0.15, 0.2) is 12.1 Å². The summed E-state index contributed by atoms with van der Waals surface area (Å²) in [7, 11) is 0. The second-order valence-electron chi connectivity index (χ2n) is 4.81. The van der Waals surface area contributed by atoms with E-state index in [2.05, 4.69) is 4.90 Å². The molecule has 1 aromatic rings. The fourth-order valence-electron chi connectivity index (χ4n) is 2.36. The third-order valence-corrected chi connectivity index (χ3v) is 3.51. The second kappa shape index (κ2) is 4.86. The number of carboxylic acid groups (broad SMARTS) is 1. The molecule has 5 heteroatoms. The molecule has 1 unspecified atom stereocenters. The third-order valence-electron chi connectivity index (χ3n) is 3.51. The number of carboxylic acids is 1. The van der Waals surface area contributed by atoms with Gasteiger partial charge in [0.15, 0.2) is 0 Å². The molecule has 0 spiro atoms. The van der Waals surface area contributed by atoms with Gasteiger partial charge in [-0.1, -0.05) is 0 Å². The van der Waals surface area contributed by atoms with Gasteiger partial charge in [-0.25, -0.2) is 4.79 Å². The quantitative estimate of drug-likeness (QED) is 0.699. The Labute approximate surface area is 106 Å². The van der Waals surface area contributed by atoms with Gasteiger partial charge in [-0.3, -0.25) is 0 Å². The summed E-state index contributed by atoms with van der Waals surface area (Å²) in [6, 6.07) is 3.52. The maximum absolute atomic E-state index is 11.1. The Morgan fingerprint density at radius 1 is 1.56 bits per heavy atom. The van der Waals surface area contributed by atoms with Gasteiger partial charge in [-0.05, 0) is 31.0 Å². The average Bonchev–Trinajstić information content (AvgIpc) is 2.80. The van der Waals surface area contributed by atoms with Crippen LogP contribution < -0.4 is 10.6 Å². The van der Waals surface area contributed by atoms with Gasteiger partial charge in [-0.15, -0.1) is 0 Å². The van der Waals surface area contributed by atoms with Crippen LogP contribution in [0.25, 0.3) is 0 Å². The Hall–Kier alpha value is -1.75. The zero-order valence-electron chi connectivity index (χ0n) is 10.4. The molecule has 1 aliphatic heterocycles. The summed E-state index contributed by atoms with van der Waals surface area (Å²) in [4.78, 5) is 13.2. The van der Waals surface area contributed by atoms with Gasteiger partial charge in [0.25, 0.3) is 0 Å². The van der Waals surface area contributed by atoms with E-state index in [4.69, 9.17) is 15.9 Å². The summed E-state index contributed by atoms with van der Waals surface area (Å²) in [5.74, 6) is -0.730. The number of carbonyl (C=O) groups is 1. The SMILES string of the molecule is Cc1cc(N2CCC(CO)C2)cc(C(=O)O)c1N. The van der Waals surface area contributed by atoms with E-state index >= 15 is 0 Å². The number of hydrogen-bond acceptors (Lipinski definition) is 4. The van der Waals surface area contributed by atoms with E-state index in [0.717, 1.165) is 30.8 Å². The summed E-state index contributed by atoms with van der Waals surface area (Å²) in [6.07, 6.45) is 0.933. The number of anilines is 2. The molecule has 4 N–H and O–H groups in total. The van der Waals surface area contributed by atoms with Crippen LogP contribution in [0.2, 0.25) is 0 Å². The summed E-state index contributed by atoms with van der Waals surface area (Å²) in [5, 5.41) is 18.2. The highest BCUT2D eigenvalue weighted by Gasteiger charge is 2.23. The van der Waals surface area contributed by atoms with Gasteiger partial charge < -0.3 is 20.8 Å². The van der Waals surface area contributed by atoms with Crippen molar-refractivity contribution in [2.24, 2.45) is 5.92 Å². The number of benzene rings is 1. The van der Waals surface area contributed by atoms with Crippen molar-refractivity contribution in [1.29, 1.82) is 0 Å². The van der Waals surface area contributed by atoms with Crippen molar-refractivity contribution < 1.29 is 15.0 Å². The Balaban J connectivity index is 2.32. The highest BCUT2D eigenvalue weighted by molar-refractivity contribution is 5.95. The minimum absolute atomic E-state index is 0.150. The van der Waals surface area contributed by atoms with Crippen LogP contribution in [-0.2, 0) is 0 Å². The number of hydrogen-bond donors (Lipinski definition) is 3. The monoisotopic (exact) mass is 250 g/mol. The smallest absolute Gasteiger partial charge is 0.337 e. The number of nitrogen functional groups attached to an aromatic ring is 1.